The molecule has 17 heavy (non-hydrogen) atoms. The van der Waals surface area contributed by atoms with Gasteiger partial charge in [-0.05, 0) is 30.4 Å². The maximum Gasteiger partial charge on any atom is 0.0950 e. The maximum atomic E-state index is 5.91. The molecule has 2 N–H and O–H groups in total. The quantitative estimate of drug-likeness (QED) is 0.877. The van der Waals surface area contributed by atoms with E-state index in [2.05, 4.69) is 25.7 Å². The van der Waals surface area contributed by atoms with E-state index in [1.807, 2.05) is 12.3 Å². The number of nitrogens with two attached hydrogens (primary N) is 1. The average molecular weight is 236 g/mol. The molecule has 2 unspecified atom stereocenters. The predicted molar refractivity (Wildman–Crippen MR) is 69.6 cm³/mol. The van der Waals surface area contributed by atoms with Gasteiger partial charge in [0.15, 0.2) is 0 Å². The molecule has 0 aromatic carbocycles. The molecule has 0 bridgehead atoms. The molecule has 3 heteroatoms. The minimum atomic E-state index is 0.320. The Morgan fingerprint density at radius 1 is 1.53 bits per heavy atom. The van der Waals surface area contributed by atoms with Crippen molar-refractivity contribution in [3.63, 3.8) is 0 Å². The zero-order valence-corrected chi connectivity index (χ0v) is 11.1. The Balaban J connectivity index is 2.04. The molecule has 1 fully saturated rings. The lowest BCUT2D eigenvalue weighted by atomic mass is 9.80. The van der Waals surface area contributed by atoms with E-state index in [1.54, 1.807) is 6.26 Å². The average Bonchev–Trinajstić information content (AvgIpc) is 2.87. The molecular weight excluding hydrogens is 212 g/mol. The van der Waals surface area contributed by atoms with Crippen molar-refractivity contribution in [2.45, 2.75) is 33.2 Å². The molecular formula is C14H24N2O. The zero-order chi connectivity index (χ0) is 12.5. The van der Waals surface area contributed by atoms with Crippen molar-refractivity contribution in [1.29, 1.82) is 0 Å². The van der Waals surface area contributed by atoms with E-state index in [0.29, 0.717) is 18.0 Å². The van der Waals surface area contributed by atoms with Crippen LogP contribution in [0, 0.1) is 11.3 Å². The summed E-state index contributed by atoms with van der Waals surface area (Å²) in [6.07, 6.45) is 4.83. The Morgan fingerprint density at radius 2 is 2.29 bits per heavy atom. The van der Waals surface area contributed by atoms with Gasteiger partial charge in [-0.15, -0.1) is 0 Å². The first-order chi connectivity index (χ1) is 8.02. The standard InChI is InChI=1S/C14H24N2O/c1-14(2,3)12-4-6-16(9-12)13(8-15)11-5-7-17-10-11/h5,7,10,12-13H,4,6,8-9,15H2,1-3H3. The maximum absolute atomic E-state index is 5.91. The normalized spacial score (nSPS) is 24.1. The molecule has 1 saturated heterocycles. The third-order valence-electron chi connectivity index (χ3n) is 4.04. The Morgan fingerprint density at radius 3 is 2.76 bits per heavy atom. The fourth-order valence-corrected chi connectivity index (χ4v) is 2.74. The molecule has 1 aromatic heterocycles. The summed E-state index contributed by atoms with van der Waals surface area (Å²) in [5, 5.41) is 0. The second-order valence-corrected chi connectivity index (χ2v) is 6.15. The van der Waals surface area contributed by atoms with Crippen molar-refractivity contribution in [1.82, 2.24) is 4.90 Å². The molecule has 2 rings (SSSR count). The summed E-state index contributed by atoms with van der Waals surface area (Å²) in [4.78, 5) is 2.50. The van der Waals surface area contributed by atoms with Gasteiger partial charge in [-0.2, -0.15) is 0 Å². The fourth-order valence-electron chi connectivity index (χ4n) is 2.74. The Kier molecular flexibility index (Phi) is 3.59. The zero-order valence-electron chi connectivity index (χ0n) is 11.1. The minimum Gasteiger partial charge on any atom is -0.472 e. The van der Waals surface area contributed by atoms with Crippen LogP contribution in [0.25, 0.3) is 0 Å². The van der Waals surface area contributed by atoms with Crippen LogP contribution in [0.5, 0.6) is 0 Å². The van der Waals surface area contributed by atoms with Gasteiger partial charge in [0.25, 0.3) is 0 Å². The van der Waals surface area contributed by atoms with Gasteiger partial charge in [0.2, 0.25) is 0 Å². The summed E-state index contributed by atoms with van der Waals surface area (Å²) < 4.78 is 5.17. The highest BCUT2D eigenvalue weighted by molar-refractivity contribution is 5.13. The van der Waals surface area contributed by atoms with Gasteiger partial charge in [0, 0.05) is 18.7 Å². The van der Waals surface area contributed by atoms with E-state index < -0.39 is 0 Å². The topological polar surface area (TPSA) is 42.4 Å². The summed E-state index contributed by atoms with van der Waals surface area (Å²) in [7, 11) is 0. The predicted octanol–water partition coefficient (Wildman–Crippen LogP) is 2.65. The molecule has 0 saturated carbocycles. The van der Waals surface area contributed by atoms with E-state index in [1.165, 1.54) is 12.0 Å². The van der Waals surface area contributed by atoms with Crippen LogP contribution in [0.4, 0.5) is 0 Å². The summed E-state index contributed by atoms with van der Waals surface area (Å²) in [6, 6.07) is 2.35. The van der Waals surface area contributed by atoms with E-state index >= 15 is 0 Å². The van der Waals surface area contributed by atoms with Gasteiger partial charge in [0.05, 0.1) is 18.6 Å². The van der Waals surface area contributed by atoms with Crippen LogP contribution < -0.4 is 5.73 Å². The second-order valence-electron chi connectivity index (χ2n) is 6.15. The van der Waals surface area contributed by atoms with E-state index in [4.69, 9.17) is 10.2 Å². The first-order valence-corrected chi connectivity index (χ1v) is 6.48. The Hall–Kier alpha value is -0.800. The monoisotopic (exact) mass is 236 g/mol. The van der Waals surface area contributed by atoms with Crippen molar-refractivity contribution >= 4 is 0 Å². The van der Waals surface area contributed by atoms with Gasteiger partial charge < -0.3 is 10.2 Å². The molecule has 0 aliphatic carbocycles. The molecule has 2 heterocycles. The molecule has 0 spiro atoms. The van der Waals surface area contributed by atoms with Crippen LogP contribution in [0.2, 0.25) is 0 Å². The van der Waals surface area contributed by atoms with Crippen LogP contribution in [0.3, 0.4) is 0 Å². The van der Waals surface area contributed by atoms with Crippen molar-refractivity contribution in [3.8, 4) is 0 Å². The molecule has 1 aliphatic rings. The first-order valence-electron chi connectivity index (χ1n) is 6.48. The summed E-state index contributed by atoms with van der Waals surface area (Å²) in [5.41, 5.74) is 7.52. The van der Waals surface area contributed by atoms with Crippen LogP contribution in [-0.4, -0.2) is 24.5 Å². The molecule has 1 aromatic rings. The number of likely N-dealkylation sites (tertiary alicyclic amines) is 1. The lowest BCUT2D eigenvalue weighted by Gasteiger charge is -2.30. The van der Waals surface area contributed by atoms with Gasteiger partial charge in [-0.1, -0.05) is 20.8 Å². The number of nitrogens with zero attached hydrogens (tertiary/aromatic N) is 1. The summed E-state index contributed by atoms with van der Waals surface area (Å²) in [5.74, 6) is 0.767. The molecule has 0 radical (unpaired) electrons. The van der Waals surface area contributed by atoms with Crippen LogP contribution >= 0.6 is 0 Å². The van der Waals surface area contributed by atoms with Gasteiger partial charge in [-0.25, -0.2) is 0 Å². The lowest BCUT2D eigenvalue weighted by Crippen LogP contribution is -2.33. The molecule has 1 aliphatic heterocycles. The summed E-state index contributed by atoms with van der Waals surface area (Å²) >= 11 is 0. The molecule has 2 atom stereocenters. The van der Waals surface area contributed by atoms with Crippen LogP contribution in [0.1, 0.15) is 38.8 Å². The molecule has 3 nitrogen and oxygen atoms in total. The number of furan rings is 1. The van der Waals surface area contributed by atoms with E-state index in [-0.39, 0.29) is 0 Å². The van der Waals surface area contributed by atoms with Gasteiger partial charge in [0.1, 0.15) is 0 Å². The first kappa shape index (κ1) is 12.7. The van der Waals surface area contributed by atoms with Gasteiger partial charge in [-0.3, -0.25) is 4.90 Å². The van der Waals surface area contributed by atoms with Crippen molar-refractivity contribution in [3.05, 3.63) is 24.2 Å². The van der Waals surface area contributed by atoms with Crippen molar-refractivity contribution in [2.24, 2.45) is 17.1 Å². The summed E-state index contributed by atoms with van der Waals surface area (Å²) in [6.45, 7) is 9.95. The number of rotatable bonds is 3. The van der Waals surface area contributed by atoms with Crippen molar-refractivity contribution in [2.75, 3.05) is 19.6 Å². The molecule has 0 amide bonds. The smallest absolute Gasteiger partial charge is 0.0950 e. The SMILES string of the molecule is CC(C)(C)C1CCN(C(CN)c2ccoc2)C1. The lowest BCUT2D eigenvalue weighted by molar-refractivity contribution is 0.197. The fraction of sp³-hybridized carbons (Fsp3) is 0.714. The highest BCUT2D eigenvalue weighted by atomic mass is 16.3. The minimum absolute atomic E-state index is 0.320. The highest BCUT2D eigenvalue weighted by Gasteiger charge is 2.34. The second kappa shape index (κ2) is 4.83. The number of hydrogen-bond acceptors (Lipinski definition) is 3. The van der Waals surface area contributed by atoms with Gasteiger partial charge >= 0.3 is 0 Å². The van der Waals surface area contributed by atoms with Crippen LogP contribution in [0.15, 0.2) is 23.0 Å². The largest absolute Gasteiger partial charge is 0.472 e. The third kappa shape index (κ3) is 2.72. The number of hydrogen-bond donors (Lipinski definition) is 1. The van der Waals surface area contributed by atoms with E-state index in [9.17, 15) is 0 Å². The third-order valence-corrected chi connectivity index (χ3v) is 4.04. The molecule has 96 valence electrons. The Bertz CT molecular complexity index is 340. The highest BCUT2D eigenvalue weighted by Crippen LogP contribution is 2.36. The van der Waals surface area contributed by atoms with Crippen LogP contribution in [-0.2, 0) is 0 Å². The Labute approximate surface area is 104 Å². The van der Waals surface area contributed by atoms with E-state index in [0.717, 1.165) is 19.0 Å². The van der Waals surface area contributed by atoms with Crippen molar-refractivity contribution < 1.29 is 4.42 Å².